The summed E-state index contributed by atoms with van der Waals surface area (Å²) >= 11 is 0. The van der Waals surface area contributed by atoms with Crippen molar-refractivity contribution in [2.75, 3.05) is 31.6 Å². The number of anilines is 1. The number of methoxy groups -OCH3 is 1. The topological polar surface area (TPSA) is 64.3 Å². The van der Waals surface area contributed by atoms with Crippen molar-refractivity contribution in [2.24, 2.45) is 5.73 Å². The molecule has 0 aromatic carbocycles. The van der Waals surface area contributed by atoms with Gasteiger partial charge in [0.1, 0.15) is 12.1 Å². The predicted octanol–water partition coefficient (Wildman–Crippen LogP) is 0.515. The average Bonchev–Trinajstić information content (AvgIpc) is 2.28. The highest BCUT2D eigenvalue weighted by atomic mass is 19.3. The molecule has 0 aliphatic rings. The standard InChI is InChI=1S/C9H14F2N4O/c1-16-9-4-8(13-6-14-9)15(3-2-12)5-7(10)11/h4,6-7H,2-3,5,12H2,1H3. The molecule has 0 saturated heterocycles. The highest BCUT2D eigenvalue weighted by Gasteiger charge is 2.14. The van der Waals surface area contributed by atoms with Gasteiger partial charge in [-0.1, -0.05) is 0 Å². The fourth-order valence-corrected chi connectivity index (χ4v) is 1.24. The van der Waals surface area contributed by atoms with Crippen LogP contribution >= 0.6 is 0 Å². The molecule has 0 aliphatic heterocycles. The number of halogens is 2. The Kier molecular flexibility index (Phi) is 4.84. The average molecular weight is 232 g/mol. The van der Waals surface area contributed by atoms with E-state index in [-0.39, 0.29) is 6.54 Å². The van der Waals surface area contributed by atoms with Crippen molar-refractivity contribution >= 4 is 5.82 Å². The molecule has 0 bridgehead atoms. The first-order valence-electron chi connectivity index (χ1n) is 4.76. The largest absolute Gasteiger partial charge is 0.481 e. The van der Waals surface area contributed by atoms with Crippen LogP contribution < -0.4 is 15.4 Å². The molecule has 1 rings (SSSR count). The van der Waals surface area contributed by atoms with Gasteiger partial charge in [0.15, 0.2) is 0 Å². The van der Waals surface area contributed by atoms with E-state index in [0.29, 0.717) is 18.2 Å². The van der Waals surface area contributed by atoms with E-state index in [9.17, 15) is 8.78 Å². The van der Waals surface area contributed by atoms with Gasteiger partial charge in [0.05, 0.1) is 13.7 Å². The molecule has 1 aromatic rings. The van der Waals surface area contributed by atoms with Crippen molar-refractivity contribution < 1.29 is 13.5 Å². The van der Waals surface area contributed by atoms with Crippen LogP contribution in [0.2, 0.25) is 0 Å². The Hall–Kier alpha value is -1.50. The molecule has 0 atom stereocenters. The van der Waals surface area contributed by atoms with Crippen molar-refractivity contribution in [3.63, 3.8) is 0 Å². The minimum Gasteiger partial charge on any atom is -0.481 e. The number of alkyl halides is 2. The fourth-order valence-electron chi connectivity index (χ4n) is 1.24. The predicted molar refractivity (Wildman–Crippen MR) is 55.9 cm³/mol. The van der Waals surface area contributed by atoms with E-state index in [0.717, 1.165) is 0 Å². The van der Waals surface area contributed by atoms with Gasteiger partial charge in [-0.3, -0.25) is 0 Å². The van der Waals surface area contributed by atoms with Crippen LogP contribution in [0.3, 0.4) is 0 Å². The van der Waals surface area contributed by atoms with Crippen LogP contribution in [0, 0.1) is 0 Å². The molecule has 16 heavy (non-hydrogen) atoms. The Bertz CT molecular complexity index is 324. The number of nitrogens with zero attached hydrogens (tertiary/aromatic N) is 3. The van der Waals surface area contributed by atoms with Gasteiger partial charge in [0.2, 0.25) is 5.88 Å². The first-order chi connectivity index (χ1) is 7.67. The van der Waals surface area contributed by atoms with Gasteiger partial charge in [0, 0.05) is 19.2 Å². The van der Waals surface area contributed by atoms with E-state index in [1.54, 1.807) is 0 Å². The Balaban J connectivity index is 2.82. The van der Waals surface area contributed by atoms with Crippen molar-refractivity contribution in [1.82, 2.24) is 9.97 Å². The van der Waals surface area contributed by atoms with Gasteiger partial charge in [-0.15, -0.1) is 0 Å². The van der Waals surface area contributed by atoms with Crippen molar-refractivity contribution in [3.8, 4) is 5.88 Å². The van der Waals surface area contributed by atoms with Gasteiger partial charge >= 0.3 is 0 Å². The lowest BCUT2D eigenvalue weighted by Gasteiger charge is -2.22. The number of ether oxygens (including phenoxy) is 1. The van der Waals surface area contributed by atoms with Crippen LogP contribution in [0.1, 0.15) is 0 Å². The molecule has 0 spiro atoms. The van der Waals surface area contributed by atoms with Crippen LogP contribution in [0.4, 0.5) is 14.6 Å². The van der Waals surface area contributed by atoms with Crippen LogP contribution in [0.5, 0.6) is 5.88 Å². The van der Waals surface area contributed by atoms with E-state index in [2.05, 4.69) is 9.97 Å². The maximum Gasteiger partial charge on any atom is 0.255 e. The fraction of sp³-hybridized carbons (Fsp3) is 0.556. The third-order valence-electron chi connectivity index (χ3n) is 1.92. The molecule has 0 saturated carbocycles. The summed E-state index contributed by atoms with van der Waals surface area (Å²) in [4.78, 5) is 9.10. The Labute approximate surface area is 92.2 Å². The highest BCUT2D eigenvalue weighted by Crippen LogP contribution is 2.15. The molecular formula is C9H14F2N4O. The summed E-state index contributed by atoms with van der Waals surface area (Å²) in [5.74, 6) is 0.721. The quantitative estimate of drug-likeness (QED) is 0.774. The van der Waals surface area contributed by atoms with E-state index in [4.69, 9.17) is 10.5 Å². The van der Waals surface area contributed by atoms with E-state index >= 15 is 0 Å². The zero-order valence-corrected chi connectivity index (χ0v) is 8.94. The molecule has 90 valence electrons. The normalized spacial score (nSPS) is 10.6. The highest BCUT2D eigenvalue weighted by molar-refractivity contribution is 5.40. The maximum absolute atomic E-state index is 12.3. The number of hydrogen-bond acceptors (Lipinski definition) is 5. The monoisotopic (exact) mass is 232 g/mol. The summed E-state index contributed by atoms with van der Waals surface area (Å²) in [6.45, 7) is 0.181. The van der Waals surface area contributed by atoms with E-state index < -0.39 is 13.0 Å². The van der Waals surface area contributed by atoms with Crippen molar-refractivity contribution in [1.29, 1.82) is 0 Å². The van der Waals surface area contributed by atoms with Gasteiger partial charge in [-0.05, 0) is 0 Å². The lowest BCUT2D eigenvalue weighted by molar-refractivity contribution is 0.154. The number of rotatable bonds is 6. The summed E-state index contributed by atoms with van der Waals surface area (Å²) in [5.41, 5.74) is 5.35. The zero-order chi connectivity index (χ0) is 12.0. The first-order valence-corrected chi connectivity index (χ1v) is 4.76. The van der Waals surface area contributed by atoms with E-state index in [1.807, 2.05) is 0 Å². The lowest BCUT2D eigenvalue weighted by atomic mass is 10.4. The van der Waals surface area contributed by atoms with Gasteiger partial charge in [-0.25, -0.2) is 18.7 Å². The smallest absolute Gasteiger partial charge is 0.255 e. The van der Waals surface area contributed by atoms with Crippen LogP contribution in [-0.2, 0) is 0 Å². The number of aromatic nitrogens is 2. The minimum absolute atomic E-state index is 0.277. The third kappa shape index (κ3) is 3.58. The Morgan fingerprint density at radius 3 is 2.81 bits per heavy atom. The molecule has 5 nitrogen and oxygen atoms in total. The minimum atomic E-state index is -2.44. The van der Waals surface area contributed by atoms with Gasteiger partial charge in [-0.2, -0.15) is 0 Å². The second-order valence-electron chi connectivity index (χ2n) is 3.04. The Morgan fingerprint density at radius 1 is 1.50 bits per heavy atom. The van der Waals surface area contributed by atoms with Gasteiger partial charge in [0.25, 0.3) is 6.43 Å². The first kappa shape index (κ1) is 12.6. The number of nitrogens with two attached hydrogens (primary N) is 1. The number of hydrogen-bond donors (Lipinski definition) is 1. The summed E-state index contributed by atoms with van der Waals surface area (Å²) in [5, 5.41) is 0. The molecule has 0 radical (unpaired) electrons. The summed E-state index contributed by atoms with van der Waals surface area (Å²) in [6.07, 6.45) is -1.17. The molecule has 7 heteroatoms. The Morgan fingerprint density at radius 2 is 2.25 bits per heavy atom. The second kappa shape index (κ2) is 6.16. The summed E-state index contributed by atoms with van der Waals surface area (Å²) in [7, 11) is 1.45. The van der Waals surface area contributed by atoms with Crippen molar-refractivity contribution in [3.05, 3.63) is 12.4 Å². The molecule has 0 aliphatic carbocycles. The van der Waals surface area contributed by atoms with Crippen LogP contribution in [-0.4, -0.2) is 43.1 Å². The van der Waals surface area contributed by atoms with E-state index in [1.165, 1.54) is 24.4 Å². The molecule has 1 heterocycles. The molecule has 0 fully saturated rings. The molecular weight excluding hydrogens is 218 g/mol. The molecule has 2 N–H and O–H groups in total. The van der Waals surface area contributed by atoms with Gasteiger partial charge < -0.3 is 15.4 Å². The van der Waals surface area contributed by atoms with Crippen LogP contribution in [0.25, 0.3) is 0 Å². The van der Waals surface area contributed by atoms with Crippen molar-refractivity contribution in [2.45, 2.75) is 6.43 Å². The molecule has 0 amide bonds. The molecule has 1 aromatic heterocycles. The summed E-state index contributed by atoms with van der Waals surface area (Å²) in [6, 6.07) is 1.50. The SMILES string of the molecule is COc1cc(N(CCN)CC(F)F)ncn1. The maximum atomic E-state index is 12.3. The molecule has 0 unspecified atom stereocenters. The van der Waals surface area contributed by atoms with Crippen LogP contribution in [0.15, 0.2) is 12.4 Å². The third-order valence-corrected chi connectivity index (χ3v) is 1.92. The zero-order valence-electron chi connectivity index (χ0n) is 8.94. The lowest BCUT2D eigenvalue weighted by Crippen LogP contribution is -2.34. The summed E-state index contributed by atoms with van der Waals surface area (Å²) < 4.78 is 29.5. The second-order valence-corrected chi connectivity index (χ2v) is 3.04.